The van der Waals surface area contributed by atoms with Crippen LogP contribution in [-0.2, 0) is 14.9 Å². The van der Waals surface area contributed by atoms with Gasteiger partial charge in [0.15, 0.2) is 6.61 Å². The minimum Gasteiger partial charge on any atom is -0.457 e. The van der Waals surface area contributed by atoms with E-state index < -0.39 is 24.3 Å². The van der Waals surface area contributed by atoms with E-state index in [0.717, 1.165) is 17.9 Å². The van der Waals surface area contributed by atoms with Crippen LogP contribution in [0.5, 0.6) is 11.5 Å². The average molecular weight is 578 g/mol. The monoisotopic (exact) mass is 577 g/mol. The molecule has 0 spiro atoms. The smallest absolute Gasteiger partial charge is 0.342 e. The van der Waals surface area contributed by atoms with Gasteiger partial charge in [-0.15, -0.1) is 0 Å². The molecule has 0 unspecified atom stereocenters. The summed E-state index contributed by atoms with van der Waals surface area (Å²) in [6.45, 7) is 6.09. The third-order valence-corrected chi connectivity index (χ3v) is 7.30. The summed E-state index contributed by atoms with van der Waals surface area (Å²) >= 11 is 0. The molecule has 218 valence electrons. The Labute approximate surface area is 249 Å². The van der Waals surface area contributed by atoms with E-state index >= 15 is 0 Å². The summed E-state index contributed by atoms with van der Waals surface area (Å²) < 4.78 is 26.4. The summed E-state index contributed by atoms with van der Waals surface area (Å²) in [5.74, 6) is -0.300. The van der Waals surface area contributed by atoms with Crippen LogP contribution in [0, 0.1) is 5.82 Å². The highest BCUT2D eigenvalue weighted by Crippen LogP contribution is 2.30. The number of hydrogen-bond acceptors (Lipinski definition) is 5. The Morgan fingerprint density at radius 2 is 1.49 bits per heavy atom. The second kappa shape index (κ2) is 12.7. The van der Waals surface area contributed by atoms with Crippen LogP contribution in [0.3, 0.4) is 0 Å². The SMILES string of the molecule is CCC(C)(C)c1ccc(Oc2ccc(NC(=O)COC(=O)c3cn(-c4ccccc4)nc3-c3ccc(F)cc3)cc2)cc1. The van der Waals surface area contributed by atoms with Crippen molar-refractivity contribution in [3.63, 3.8) is 0 Å². The van der Waals surface area contributed by atoms with E-state index in [1.807, 2.05) is 42.5 Å². The Balaban J connectivity index is 1.21. The summed E-state index contributed by atoms with van der Waals surface area (Å²) in [7, 11) is 0. The van der Waals surface area contributed by atoms with Gasteiger partial charge in [-0.3, -0.25) is 4.79 Å². The number of nitrogens with one attached hydrogen (secondary N) is 1. The molecular formula is C35H32FN3O4. The van der Waals surface area contributed by atoms with Gasteiger partial charge in [0.05, 0.1) is 5.69 Å². The molecule has 0 radical (unpaired) electrons. The lowest BCUT2D eigenvalue weighted by Crippen LogP contribution is -2.21. The number of esters is 1. The fourth-order valence-electron chi connectivity index (χ4n) is 4.38. The first-order chi connectivity index (χ1) is 20.7. The van der Waals surface area contributed by atoms with Crippen LogP contribution >= 0.6 is 0 Å². The van der Waals surface area contributed by atoms with Crippen molar-refractivity contribution in [3.05, 3.63) is 126 Å². The number of rotatable bonds is 10. The molecule has 0 fully saturated rings. The van der Waals surface area contributed by atoms with Gasteiger partial charge in [0.2, 0.25) is 0 Å². The number of benzene rings is 4. The van der Waals surface area contributed by atoms with Gasteiger partial charge in [0, 0.05) is 17.4 Å². The molecule has 1 aromatic heterocycles. The summed E-state index contributed by atoms with van der Waals surface area (Å²) in [5, 5.41) is 7.25. The highest BCUT2D eigenvalue weighted by atomic mass is 19.1. The minimum absolute atomic E-state index is 0.0990. The molecule has 0 aliphatic heterocycles. The number of aromatic nitrogens is 2. The van der Waals surface area contributed by atoms with E-state index in [2.05, 4.69) is 43.3 Å². The molecule has 1 amide bonds. The van der Waals surface area contributed by atoms with Crippen molar-refractivity contribution in [2.45, 2.75) is 32.6 Å². The van der Waals surface area contributed by atoms with Crippen LogP contribution in [0.15, 0.2) is 109 Å². The van der Waals surface area contributed by atoms with E-state index in [1.165, 1.54) is 36.0 Å². The normalized spacial score (nSPS) is 11.2. The molecule has 7 nitrogen and oxygen atoms in total. The first-order valence-corrected chi connectivity index (χ1v) is 14.0. The Morgan fingerprint density at radius 1 is 0.860 bits per heavy atom. The fraction of sp³-hybridized carbons (Fsp3) is 0.171. The second-order valence-corrected chi connectivity index (χ2v) is 10.7. The number of ether oxygens (including phenoxy) is 2. The van der Waals surface area contributed by atoms with Crippen molar-refractivity contribution >= 4 is 17.6 Å². The van der Waals surface area contributed by atoms with Gasteiger partial charge in [0.1, 0.15) is 28.6 Å². The number of carbonyl (C=O) groups excluding carboxylic acids is 2. The van der Waals surface area contributed by atoms with Crippen molar-refractivity contribution in [2.24, 2.45) is 0 Å². The highest BCUT2D eigenvalue weighted by molar-refractivity contribution is 5.98. The molecule has 0 atom stereocenters. The third-order valence-electron chi connectivity index (χ3n) is 7.30. The predicted molar refractivity (Wildman–Crippen MR) is 164 cm³/mol. The standard InChI is InChI=1S/C35H32FN3O4/c1-4-35(2,3)25-12-18-29(19-13-25)43-30-20-16-27(17-21-30)37-32(40)23-42-34(41)31-22-39(28-8-6-5-7-9-28)38-33(31)24-10-14-26(36)15-11-24/h5-22H,4,23H2,1-3H3,(H,37,40). The van der Waals surface area contributed by atoms with Crippen LogP contribution in [0.2, 0.25) is 0 Å². The zero-order valence-corrected chi connectivity index (χ0v) is 24.2. The van der Waals surface area contributed by atoms with E-state index in [0.29, 0.717) is 22.7 Å². The van der Waals surface area contributed by atoms with E-state index in [4.69, 9.17) is 9.47 Å². The minimum atomic E-state index is -0.728. The number of amides is 1. The summed E-state index contributed by atoms with van der Waals surface area (Å²) in [6.07, 6.45) is 2.57. The molecular weight excluding hydrogens is 545 g/mol. The molecule has 5 rings (SSSR count). The molecule has 1 heterocycles. The zero-order valence-electron chi connectivity index (χ0n) is 24.2. The maximum absolute atomic E-state index is 13.5. The largest absolute Gasteiger partial charge is 0.457 e. The third kappa shape index (κ3) is 7.16. The van der Waals surface area contributed by atoms with Crippen LogP contribution in [-0.4, -0.2) is 28.3 Å². The van der Waals surface area contributed by atoms with Gasteiger partial charge in [-0.25, -0.2) is 13.9 Å². The average Bonchev–Trinajstić information content (AvgIpc) is 3.48. The first kappa shape index (κ1) is 29.3. The van der Waals surface area contributed by atoms with Gasteiger partial charge in [-0.05, 0) is 90.2 Å². The number of nitrogens with zero attached hydrogens (tertiary/aromatic N) is 2. The molecule has 1 N–H and O–H groups in total. The lowest BCUT2D eigenvalue weighted by Gasteiger charge is -2.23. The number of halogens is 1. The Hall–Kier alpha value is -5.24. The van der Waals surface area contributed by atoms with Crippen molar-refractivity contribution in [1.82, 2.24) is 9.78 Å². The topological polar surface area (TPSA) is 82.5 Å². The Morgan fingerprint density at radius 3 is 2.12 bits per heavy atom. The molecule has 0 aliphatic rings. The van der Waals surface area contributed by atoms with Crippen molar-refractivity contribution in [3.8, 4) is 28.4 Å². The molecule has 0 bridgehead atoms. The number of carbonyl (C=O) groups is 2. The Kier molecular flexibility index (Phi) is 8.66. The first-order valence-electron chi connectivity index (χ1n) is 14.0. The maximum atomic E-state index is 13.5. The maximum Gasteiger partial charge on any atom is 0.342 e. The van der Waals surface area contributed by atoms with Gasteiger partial charge < -0.3 is 14.8 Å². The lowest BCUT2D eigenvalue weighted by atomic mass is 9.82. The molecule has 0 saturated carbocycles. The van der Waals surface area contributed by atoms with Crippen LogP contribution in [0.25, 0.3) is 16.9 Å². The van der Waals surface area contributed by atoms with Crippen molar-refractivity contribution in [1.29, 1.82) is 0 Å². The molecule has 0 saturated heterocycles. The van der Waals surface area contributed by atoms with E-state index in [-0.39, 0.29) is 11.0 Å². The van der Waals surface area contributed by atoms with Crippen molar-refractivity contribution < 1.29 is 23.5 Å². The van der Waals surface area contributed by atoms with Gasteiger partial charge in [0.25, 0.3) is 5.91 Å². The summed E-state index contributed by atoms with van der Waals surface area (Å²) in [5.41, 5.74) is 3.60. The second-order valence-electron chi connectivity index (χ2n) is 10.7. The van der Waals surface area contributed by atoms with Gasteiger partial charge >= 0.3 is 5.97 Å². The van der Waals surface area contributed by atoms with E-state index in [9.17, 15) is 14.0 Å². The molecule has 43 heavy (non-hydrogen) atoms. The number of anilines is 1. The number of para-hydroxylation sites is 1. The molecule has 5 aromatic rings. The van der Waals surface area contributed by atoms with E-state index in [1.54, 1.807) is 28.9 Å². The molecule has 0 aliphatic carbocycles. The van der Waals surface area contributed by atoms with Crippen LogP contribution in [0.1, 0.15) is 43.1 Å². The zero-order chi connectivity index (χ0) is 30.4. The summed E-state index contributed by atoms with van der Waals surface area (Å²) in [6, 6.07) is 29.8. The quantitative estimate of drug-likeness (QED) is 0.170. The Bertz CT molecular complexity index is 1700. The lowest BCUT2D eigenvalue weighted by molar-refractivity contribution is -0.119. The predicted octanol–water partition coefficient (Wildman–Crippen LogP) is 7.95. The number of hydrogen-bond donors (Lipinski definition) is 1. The fourth-order valence-corrected chi connectivity index (χ4v) is 4.38. The van der Waals surface area contributed by atoms with Gasteiger partial charge in [-0.1, -0.05) is 51.1 Å². The molecule has 8 heteroatoms. The van der Waals surface area contributed by atoms with Crippen molar-refractivity contribution in [2.75, 3.05) is 11.9 Å². The van der Waals surface area contributed by atoms with Crippen LogP contribution < -0.4 is 10.1 Å². The highest BCUT2D eigenvalue weighted by Gasteiger charge is 2.21. The van der Waals surface area contributed by atoms with Crippen LogP contribution in [0.4, 0.5) is 10.1 Å². The molecule has 4 aromatic carbocycles. The summed E-state index contributed by atoms with van der Waals surface area (Å²) in [4.78, 5) is 25.7. The van der Waals surface area contributed by atoms with Gasteiger partial charge in [-0.2, -0.15) is 5.10 Å².